The van der Waals surface area contributed by atoms with E-state index in [1.807, 2.05) is 27.0 Å². The molecular weight excluding hydrogens is 542 g/mol. The van der Waals surface area contributed by atoms with Gasteiger partial charge >= 0.3 is 12.1 Å². The minimum Gasteiger partial charge on any atom is -0.480 e. The van der Waals surface area contributed by atoms with Gasteiger partial charge in [-0.3, -0.25) is 9.59 Å². The second-order valence-electron chi connectivity index (χ2n) is 10.9. The lowest BCUT2D eigenvalue weighted by atomic mass is 10.1. The fraction of sp³-hybridized carbons (Fsp3) is 0.667. The third kappa shape index (κ3) is 12.6. The Hall–Kier alpha value is -2.31. The van der Waals surface area contributed by atoms with Crippen LogP contribution in [0.3, 0.4) is 0 Å². The number of nitrogens with one attached hydrogen (secondary N) is 2. The molecule has 1 aromatic rings. The molecule has 2 atom stereocenters. The number of hydrogen-bond acceptors (Lipinski definition) is 7. The zero-order chi connectivity index (χ0) is 29.8. The Bertz CT molecular complexity index is 1040. The molecule has 2 amide bonds. The summed E-state index contributed by atoms with van der Waals surface area (Å²) in [6, 6.07) is 4.35. The molecule has 1 rings (SSSR count). The summed E-state index contributed by atoms with van der Waals surface area (Å²) in [7, 11) is -4.03. The fourth-order valence-electron chi connectivity index (χ4n) is 3.74. The maximum atomic E-state index is 13.4. The van der Waals surface area contributed by atoms with Crippen LogP contribution in [-0.2, 0) is 24.3 Å². The largest absolute Gasteiger partial charge is 0.480 e. The summed E-state index contributed by atoms with van der Waals surface area (Å²) >= 11 is 1.55. The number of amides is 2. The van der Waals surface area contributed by atoms with Crippen molar-refractivity contribution in [3.63, 3.8) is 0 Å². The van der Waals surface area contributed by atoms with Crippen molar-refractivity contribution in [3.05, 3.63) is 29.8 Å². The smallest absolute Gasteiger partial charge is 0.408 e. The number of sulfonamides is 1. The number of carbonyl (C=O) groups excluding carboxylic acids is 2. The van der Waals surface area contributed by atoms with Crippen LogP contribution in [0.2, 0.25) is 0 Å². The quantitative estimate of drug-likeness (QED) is 0.246. The van der Waals surface area contributed by atoms with Gasteiger partial charge in [0.1, 0.15) is 17.7 Å². The van der Waals surface area contributed by atoms with Crippen molar-refractivity contribution in [2.24, 2.45) is 5.92 Å². The summed E-state index contributed by atoms with van der Waals surface area (Å²) in [5, 5.41) is 15.3. The highest BCUT2D eigenvalue weighted by atomic mass is 32.2. The average Bonchev–Trinajstić information content (AvgIpc) is 2.81. The highest BCUT2D eigenvalue weighted by Gasteiger charge is 2.36. The predicted molar refractivity (Wildman–Crippen MR) is 154 cm³/mol. The Morgan fingerprint density at radius 3 is 2.21 bits per heavy atom. The summed E-state index contributed by atoms with van der Waals surface area (Å²) in [5.41, 5.74) is 0.208. The topological polar surface area (TPSA) is 142 Å². The van der Waals surface area contributed by atoms with E-state index in [1.165, 1.54) is 12.1 Å². The van der Waals surface area contributed by atoms with Gasteiger partial charge in [0.2, 0.25) is 15.9 Å². The Morgan fingerprint density at radius 2 is 1.69 bits per heavy atom. The molecule has 0 aliphatic rings. The number of ether oxygens (including phenoxy) is 1. The van der Waals surface area contributed by atoms with Crippen LogP contribution in [0.25, 0.3) is 0 Å². The molecule has 0 aliphatic heterocycles. The van der Waals surface area contributed by atoms with Crippen molar-refractivity contribution in [2.75, 3.05) is 25.1 Å². The van der Waals surface area contributed by atoms with Crippen molar-refractivity contribution < 1.29 is 32.6 Å². The number of benzene rings is 1. The van der Waals surface area contributed by atoms with Gasteiger partial charge in [-0.05, 0) is 83.4 Å². The van der Waals surface area contributed by atoms with Crippen LogP contribution >= 0.6 is 11.8 Å². The highest BCUT2D eigenvalue weighted by molar-refractivity contribution is 7.98. The van der Waals surface area contributed by atoms with E-state index in [9.17, 15) is 27.9 Å². The molecular formula is C27H45N3O7S2. The molecule has 0 aromatic heterocycles. The zero-order valence-electron chi connectivity index (χ0n) is 24.2. The SMILES string of the molecule is CSCC[C@H](NC(=O)OC(C)(C)C)C(=O)NCCCC[C@@H](C(=O)O)N(CC(C)C)S(=O)(=O)c1ccc(C)cc1. The summed E-state index contributed by atoms with van der Waals surface area (Å²) in [4.78, 5) is 37.1. The molecule has 1 aromatic carbocycles. The van der Waals surface area contributed by atoms with E-state index >= 15 is 0 Å². The lowest BCUT2D eigenvalue weighted by Crippen LogP contribution is -2.48. The summed E-state index contributed by atoms with van der Waals surface area (Å²) in [6.45, 7) is 11.1. The van der Waals surface area contributed by atoms with Gasteiger partial charge in [-0.2, -0.15) is 16.1 Å². The maximum absolute atomic E-state index is 13.4. The number of nitrogens with zero attached hydrogens (tertiary/aromatic N) is 1. The number of unbranched alkanes of at least 4 members (excludes halogenated alkanes) is 1. The van der Waals surface area contributed by atoms with Crippen LogP contribution < -0.4 is 10.6 Å². The van der Waals surface area contributed by atoms with Crippen molar-refractivity contribution in [1.29, 1.82) is 0 Å². The fourth-order valence-corrected chi connectivity index (χ4v) is 5.99. The number of carbonyl (C=O) groups is 3. The molecule has 0 spiro atoms. The van der Waals surface area contributed by atoms with Gasteiger partial charge in [0.15, 0.2) is 0 Å². The molecule has 12 heteroatoms. The Labute approximate surface area is 237 Å². The maximum Gasteiger partial charge on any atom is 0.408 e. The Balaban J connectivity index is 2.82. The van der Waals surface area contributed by atoms with Crippen LogP contribution in [0.4, 0.5) is 4.79 Å². The minimum absolute atomic E-state index is 0.0565. The number of aliphatic carboxylic acids is 1. The van der Waals surface area contributed by atoms with Gasteiger partial charge in [0, 0.05) is 13.1 Å². The minimum atomic E-state index is -4.03. The average molecular weight is 588 g/mol. The van der Waals surface area contributed by atoms with Crippen molar-refractivity contribution in [3.8, 4) is 0 Å². The van der Waals surface area contributed by atoms with Crippen molar-refractivity contribution in [2.45, 2.75) is 89.8 Å². The van der Waals surface area contributed by atoms with Crippen LogP contribution in [-0.4, -0.2) is 78.6 Å². The van der Waals surface area contributed by atoms with E-state index in [2.05, 4.69) is 10.6 Å². The molecule has 39 heavy (non-hydrogen) atoms. The first-order valence-corrected chi connectivity index (χ1v) is 16.0. The van der Waals surface area contributed by atoms with Crippen LogP contribution in [0.1, 0.15) is 65.9 Å². The molecule has 0 fully saturated rings. The normalized spacial score (nSPS) is 13.7. The molecule has 0 bridgehead atoms. The molecule has 0 heterocycles. The van der Waals surface area contributed by atoms with Gasteiger partial charge < -0.3 is 20.5 Å². The van der Waals surface area contributed by atoms with E-state index in [1.54, 1.807) is 44.7 Å². The summed E-state index contributed by atoms with van der Waals surface area (Å²) < 4.78 is 33.1. The van der Waals surface area contributed by atoms with Crippen molar-refractivity contribution in [1.82, 2.24) is 14.9 Å². The molecule has 0 radical (unpaired) electrons. The molecule has 0 saturated heterocycles. The van der Waals surface area contributed by atoms with Crippen LogP contribution in [0, 0.1) is 12.8 Å². The Morgan fingerprint density at radius 1 is 1.08 bits per heavy atom. The standard InChI is InChI=1S/C27H45N3O7S2/c1-19(2)18-30(39(35,36)21-13-11-20(3)12-14-21)23(25(32)33)10-8-9-16-28-24(31)22(15-17-38-7)29-26(34)37-27(4,5)6/h11-14,19,22-23H,8-10,15-18H2,1-7H3,(H,28,31)(H,29,34)(H,32,33)/t22-,23-/m0/s1. The number of aryl methyl sites for hydroxylation is 1. The third-order valence-electron chi connectivity index (χ3n) is 5.63. The molecule has 0 aliphatic carbocycles. The number of hydrogen-bond donors (Lipinski definition) is 3. The predicted octanol–water partition coefficient (Wildman–Crippen LogP) is 4.03. The first kappa shape index (κ1) is 34.7. The first-order valence-electron chi connectivity index (χ1n) is 13.2. The van der Waals surface area contributed by atoms with E-state index < -0.39 is 39.8 Å². The molecule has 3 N–H and O–H groups in total. The van der Waals surface area contributed by atoms with Gasteiger partial charge in [-0.1, -0.05) is 31.5 Å². The molecule has 222 valence electrons. The second-order valence-corrected chi connectivity index (χ2v) is 13.8. The summed E-state index contributed by atoms with van der Waals surface area (Å²) in [6.07, 6.45) is 2.57. The molecule has 0 unspecified atom stereocenters. The number of thioether (sulfide) groups is 1. The Kier molecular flexibility index (Phi) is 14.3. The zero-order valence-corrected chi connectivity index (χ0v) is 25.8. The first-order chi connectivity index (χ1) is 18.1. The highest BCUT2D eigenvalue weighted by Crippen LogP contribution is 2.23. The van der Waals surface area contributed by atoms with Gasteiger partial charge in [-0.25, -0.2) is 13.2 Å². The number of carboxylic acid groups (broad SMARTS) is 1. The van der Waals surface area contributed by atoms with Gasteiger partial charge in [0.05, 0.1) is 4.90 Å². The van der Waals surface area contributed by atoms with E-state index in [0.29, 0.717) is 25.0 Å². The van der Waals surface area contributed by atoms with Gasteiger partial charge in [0.25, 0.3) is 0 Å². The van der Waals surface area contributed by atoms with E-state index in [-0.39, 0.29) is 36.2 Å². The van der Waals surface area contributed by atoms with Crippen LogP contribution in [0.15, 0.2) is 29.2 Å². The number of carboxylic acids is 1. The second kappa shape index (κ2) is 16.1. The van der Waals surface area contributed by atoms with Gasteiger partial charge in [-0.15, -0.1) is 0 Å². The van der Waals surface area contributed by atoms with E-state index in [4.69, 9.17) is 4.74 Å². The van der Waals surface area contributed by atoms with E-state index in [0.717, 1.165) is 9.87 Å². The third-order valence-corrected chi connectivity index (χ3v) is 8.16. The monoisotopic (exact) mass is 587 g/mol. The van der Waals surface area contributed by atoms with Crippen LogP contribution in [0.5, 0.6) is 0 Å². The number of rotatable bonds is 16. The summed E-state index contributed by atoms with van der Waals surface area (Å²) in [5.74, 6) is -0.987. The molecule has 10 nitrogen and oxygen atoms in total. The lowest BCUT2D eigenvalue weighted by molar-refractivity contribution is -0.142. The van der Waals surface area contributed by atoms with Crippen molar-refractivity contribution >= 4 is 39.8 Å². The lowest BCUT2D eigenvalue weighted by Gasteiger charge is -2.29. The number of alkyl carbamates (subject to hydrolysis) is 1. The molecule has 0 saturated carbocycles.